The molecule has 7 nitrogen and oxygen atoms in total. The summed E-state index contributed by atoms with van der Waals surface area (Å²) in [4.78, 5) is 30.8. The Balaban J connectivity index is 2.01. The van der Waals surface area contributed by atoms with E-state index in [0.717, 1.165) is 16.5 Å². The molecule has 2 aromatic carbocycles. The molecular formula is C24H24N2O5. The molecule has 1 aromatic heterocycles. The number of aliphatic hydroxyl groups excluding tert-OH is 1. The van der Waals surface area contributed by atoms with E-state index < -0.39 is 17.7 Å². The first-order valence-corrected chi connectivity index (χ1v) is 10.1. The molecule has 3 aromatic rings. The van der Waals surface area contributed by atoms with Crippen molar-refractivity contribution in [1.29, 1.82) is 0 Å². The quantitative estimate of drug-likeness (QED) is 0.357. The highest BCUT2D eigenvalue weighted by Gasteiger charge is 2.47. The zero-order valence-corrected chi connectivity index (χ0v) is 17.6. The van der Waals surface area contributed by atoms with Gasteiger partial charge < -0.3 is 24.5 Å². The smallest absolute Gasteiger partial charge is 0.295 e. The average molecular weight is 420 g/mol. The van der Waals surface area contributed by atoms with Crippen LogP contribution in [0.25, 0.3) is 16.7 Å². The van der Waals surface area contributed by atoms with E-state index in [1.165, 1.54) is 19.1 Å². The van der Waals surface area contributed by atoms with E-state index in [0.29, 0.717) is 24.5 Å². The van der Waals surface area contributed by atoms with Crippen LogP contribution in [-0.2, 0) is 9.59 Å². The van der Waals surface area contributed by atoms with Crippen LogP contribution in [0.4, 0.5) is 0 Å². The van der Waals surface area contributed by atoms with Gasteiger partial charge in [0.25, 0.3) is 11.7 Å². The van der Waals surface area contributed by atoms with E-state index in [2.05, 4.69) is 4.98 Å². The Labute approximate surface area is 179 Å². The maximum absolute atomic E-state index is 13.1. The van der Waals surface area contributed by atoms with Gasteiger partial charge in [-0.3, -0.25) is 9.59 Å². The number of aromatic nitrogens is 1. The molecule has 1 fully saturated rings. The number of para-hydroxylation sites is 1. The van der Waals surface area contributed by atoms with Gasteiger partial charge in [-0.05, 0) is 24.6 Å². The highest BCUT2D eigenvalue weighted by molar-refractivity contribution is 6.46. The van der Waals surface area contributed by atoms with Gasteiger partial charge in [0.05, 0.1) is 25.8 Å². The molecule has 160 valence electrons. The van der Waals surface area contributed by atoms with E-state index in [-0.39, 0.29) is 16.9 Å². The van der Waals surface area contributed by atoms with Crippen molar-refractivity contribution in [3.63, 3.8) is 0 Å². The maximum Gasteiger partial charge on any atom is 0.295 e. The van der Waals surface area contributed by atoms with Crippen LogP contribution in [0.5, 0.6) is 11.5 Å². The van der Waals surface area contributed by atoms with Crippen LogP contribution in [0, 0.1) is 0 Å². The van der Waals surface area contributed by atoms with E-state index in [9.17, 15) is 14.7 Å². The minimum absolute atomic E-state index is 0.0194. The van der Waals surface area contributed by atoms with E-state index in [1.807, 2.05) is 31.2 Å². The van der Waals surface area contributed by atoms with Gasteiger partial charge in [0.15, 0.2) is 0 Å². The minimum Gasteiger partial charge on any atom is -0.506 e. The topological polar surface area (TPSA) is 91.9 Å². The number of carbonyl (C=O) groups excluding carboxylic acids is 2. The summed E-state index contributed by atoms with van der Waals surface area (Å²) in [6.45, 7) is 2.32. The van der Waals surface area contributed by atoms with Gasteiger partial charge in [-0.15, -0.1) is 0 Å². The number of H-pyrrole nitrogens is 1. The molecule has 0 bridgehead atoms. The molecule has 1 amide bonds. The first-order chi connectivity index (χ1) is 15.0. The van der Waals surface area contributed by atoms with E-state index in [1.54, 1.807) is 24.4 Å². The third-order valence-corrected chi connectivity index (χ3v) is 5.58. The number of fused-ring (bicyclic) bond motifs is 1. The summed E-state index contributed by atoms with van der Waals surface area (Å²) >= 11 is 0. The highest BCUT2D eigenvalue weighted by Crippen LogP contribution is 2.44. The van der Waals surface area contributed by atoms with Crippen molar-refractivity contribution >= 4 is 28.4 Å². The van der Waals surface area contributed by atoms with Crippen molar-refractivity contribution in [1.82, 2.24) is 9.88 Å². The number of nitrogens with zero attached hydrogens (tertiary/aromatic N) is 1. The van der Waals surface area contributed by atoms with Crippen LogP contribution in [0.3, 0.4) is 0 Å². The summed E-state index contributed by atoms with van der Waals surface area (Å²) < 4.78 is 10.8. The molecule has 2 N–H and O–H groups in total. The summed E-state index contributed by atoms with van der Waals surface area (Å²) in [6, 6.07) is 12.0. The summed E-state index contributed by atoms with van der Waals surface area (Å²) in [6.07, 6.45) is 2.46. The number of benzene rings is 2. The second kappa shape index (κ2) is 8.18. The number of nitrogens with one attached hydrogen (secondary N) is 1. The van der Waals surface area contributed by atoms with Gasteiger partial charge in [0.2, 0.25) is 0 Å². The van der Waals surface area contributed by atoms with Gasteiger partial charge in [-0.25, -0.2) is 0 Å². The predicted octanol–water partition coefficient (Wildman–Crippen LogP) is 4.02. The Bertz CT molecular complexity index is 1170. The second-order valence-electron chi connectivity index (χ2n) is 7.32. The van der Waals surface area contributed by atoms with Crippen LogP contribution in [0.2, 0.25) is 0 Å². The number of carbonyl (C=O) groups is 2. The van der Waals surface area contributed by atoms with Crippen LogP contribution in [0.1, 0.15) is 30.5 Å². The van der Waals surface area contributed by atoms with E-state index >= 15 is 0 Å². The lowest BCUT2D eigenvalue weighted by Crippen LogP contribution is -2.30. The lowest BCUT2D eigenvalue weighted by Gasteiger charge is -2.24. The van der Waals surface area contributed by atoms with E-state index in [4.69, 9.17) is 9.47 Å². The Kier molecular flexibility index (Phi) is 5.42. The number of aromatic amines is 1. The minimum atomic E-state index is -0.731. The van der Waals surface area contributed by atoms with Crippen molar-refractivity contribution < 1.29 is 24.2 Å². The molecule has 1 aliphatic heterocycles. The number of hydrogen-bond acceptors (Lipinski definition) is 5. The Morgan fingerprint density at radius 2 is 1.74 bits per heavy atom. The van der Waals surface area contributed by atoms with Gasteiger partial charge in [-0.2, -0.15) is 0 Å². The number of amides is 1. The van der Waals surface area contributed by atoms with Gasteiger partial charge in [-0.1, -0.05) is 31.2 Å². The molecule has 2 heterocycles. The zero-order valence-electron chi connectivity index (χ0n) is 17.6. The third kappa shape index (κ3) is 3.22. The normalized spacial score (nSPS) is 18.0. The van der Waals surface area contributed by atoms with Gasteiger partial charge >= 0.3 is 0 Å². The van der Waals surface area contributed by atoms with Crippen molar-refractivity contribution in [2.75, 3.05) is 20.8 Å². The lowest BCUT2D eigenvalue weighted by atomic mass is 9.94. The number of methoxy groups -OCH3 is 2. The van der Waals surface area contributed by atoms with Crippen LogP contribution < -0.4 is 9.47 Å². The summed E-state index contributed by atoms with van der Waals surface area (Å²) in [5.41, 5.74) is 1.89. The van der Waals surface area contributed by atoms with Gasteiger partial charge in [0, 0.05) is 29.2 Å². The Morgan fingerprint density at radius 1 is 1.06 bits per heavy atom. The number of ketones is 1. The number of likely N-dealkylation sites (tertiary alicyclic amines) is 1. The number of rotatable bonds is 6. The molecule has 0 spiro atoms. The first kappa shape index (κ1) is 20.5. The van der Waals surface area contributed by atoms with Crippen LogP contribution in [0.15, 0.2) is 54.2 Å². The second-order valence-corrected chi connectivity index (χ2v) is 7.32. The van der Waals surface area contributed by atoms with Gasteiger partial charge in [0.1, 0.15) is 22.8 Å². The maximum atomic E-state index is 13.1. The summed E-state index contributed by atoms with van der Waals surface area (Å²) in [7, 11) is 2.94. The van der Waals surface area contributed by atoms with Crippen molar-refractivity contribution in [3.05, 3.63) is 65.4 Å². The number of aliphatic hydroxyl groups is 1. The van der Waals surface area contributed by atoms with Crippen LogP contribution >= 0.6 is 0 Å². The summed E-state index contributed by atoms with van der Waals surface area (Å²) in [5.74, 6) is -0.990. The van der Waals surface area contributed by atoms with Crippen LogP contribution in [-0.4, -0.2) is 47.4 Å². The lowest BCUT2D eigenvalue weighted by molar-refractivity contribution is -0.139. The Morgan fingerprint density at radius 3 is 2.39 bits per heavy atom. The SMILES string of the molecule is CCCN1C(=O)C(=O)/C(=C(/O)c2c(OC)cccc2OC)C1c1c[nH]c2ccccc12. The standard InChI is InChI=1S/C24H24N2O5/c1-4-12-26-21(15-13-25-16-9-6-5-8-14(15)16)20(23(28)24(26)29)22(27)19-17(30-2)10-7-11-18(19)31-3/h5-11,13,21,25,27H,4,12H2,1-3H3/b22-20+. The predicted molar refractivity (Wildman–Crippen MR) is 117 cm³/mol. The van der Waals surface area contributed by atoms with Crippen molar-refractivity contribution in [3.8, 4) is 11.5 Å². The highest BCUT2D eigenvalue weighted by atomic mass is 16.5. The molecule has 1 aliphatic rings. The molecule has 1 atom stereocenters. The molecule has 0 saturated carbocycles. The first-order valence-electron chi connectivity index (χ1n) is 10.1. The zero-order chi connectivity index (χ0) is 22.1. The molecule has 31 heavy (non-hydrogen) atoms. The summed E-state index contributed by atoms with van der Waals surface area (Å²) in [5, 5.41) is 12.3. The molecule has 0 aliphatic carbocycles. The molecule has 1 unspecified atom stereocenters. The number of hydrogen-bond donors (Lipinski definition) is 2. The monoisotopic (exact) mass is 420 g/mol. The third-order valence-electron chi connectivity index (χ3n) is 5.58. The fourth-order valence-corrected chi connectivity index (χ4v) is 4.21. The fraction of sp³-hybridized carbons (Fsp3) is 0.250. The Hall–Kier alpha value is -3.74. The molecular weight excluding hydrogens is 396 g/mol. The fourth-order valence-electron chi connectivity index (χ4n) is 4.21. The molecule has 4 rings (SSSR count). The number of Topliss-reactive ketones (excluding diaryl/α,β-unsaturated/α-hetero) is 1. The molecule has 0 radical (unpaired) electrons. The number of ether oxygens (including phenoxy) is 2. The largest absolute Gasteiger partial charge is 0.506 e. The van der Waals surface area contributed by atoms with Crippen molar-refractivity contribution in [2.45, 2.75) is 19.4 Å². The molecule has 7 heteroatoms. The van der Waals surface area contributed by atoms with Crippen molar-refractivity contribution in [2.24, 2.45) is 0 Å². The average Bonchev–Trinajstić information content (AvgIpc) is 3.32. The molecule has 1 saturated heterocycles.